The number of aromatic amines is 1. The largest absolute Gasteiger partial charge is 0.322 e. The zero-order chi connectivity index (χ0) is 14.9. The number of H-pyrrole nitrogens is 1. The van der Waals surface area contributed by atoms with Gasteiger partial charge in [-0.1, -0.05) is 26.0 Å². The third-order valence-corrected chi connectivity index (χ3v) is 4.68. The lowest BCUT2D eigenvalue weighted by atomic mass is 9.73. The van der Waals surface area contributed by atoms with Gasteiger partial charge in [0.2, 0.25) is 5.56 Å². The molecule has 1 saturated heterocycles. The summed E-state index contributed by atoms with van der Waals surface area (Å²) < 4.78 is 0. The first-order valence-corrected chi connectivity index (χ1v) is 7.68. The summed E-state index contributed by atoms with van der Waals surface area (Å²) in [5, 5.41) is 4.55. The number of hydrogen-bond acceptors (Lipinski definition) is 2. The fourth-order valence-electron chi connectivity index (χ4n) is 3.49. The molecular weight excluding hydrogens is 260 g/mol. The molecule has 1 aliphatic rings. The monoisotopic (exact) mass is 282 g/mol. The fraction of sp³-hybridized carbons (Fsp3) is 0.389. The minimum atomic E-state index is -0.0588. The molecule has 3 heteroatoms. The Morgan fingerprint density at radius 2 is 2.19 bits per heavy atom. The minimum absolute atomic E-state index is 0.0588. The van der Waals surface area contributed by atoms with Gasteiger partial charge in [0.1, 0.15) is 0 Å². The third kappa shape index (κ3) is 2.54. The SMILES string of the molecule is C=C(c1ccc2[nH]c(=O)ccc2c1)C1(CCC)CCNC1. The topological polar surface area (TPSA) is 44.9 Å². The average molecular weight is 282 g/mol. The summed E-state index contributed by atoms with van der Waals surface area (Å²) >= 11 is 0. The Morgan fingerprint density at radius 3 is 2.90 bits per heavy atom. The van der Waals surface area contributed by atoms with E-state index in [0.717, 1.165) is 30.4 Å². The molecule has 21 heavy (non-hydrogen) atoms. The molecule has 1 aromatic carbocycles. The van der Waals surface area contributed by atoms with Crippen molar-refractivity contribution in [3.63, 3.8) is 0 Å². The first-order valence-electron chi connectivity index (χ1n) is 7.68. The van der Waals surface area contributed by atoms with E-state index in [0.29, 0.717) is 0 Å². The van der Waals surface area contributed by atoms with Crippen molar-refractivity contribution in [2.24, 2.45) is 5.41 Å². The van der Waals surface area contributed by atoms with Gasteiger partial charge in [0.05, 0.1) is 0 Å². The highest BCUT2D eigenvalue weighted by atomic mass is 16.1. The van der Waals surface area contributed by atoms with E-state index in [1.165, 1.54) is 24.0 Å². The summed E-state index contributed by atoms with van der Waals surface area (Å²) in [4.78, 5) is 14.2. The second-order valence-electron chi connectivity index (χ2n) is 6.06. The number of hydrogen-bond donors (Lipinski definition) is 2. The van der Waals surface area contributed by atoms with E-state index in [9.17, 15) is 4.79 Å². The Labute approximate surface area is 125 Å². The zero-order valence-corrected chi connectivity index (χ0v) is 12.5. The lowest BCUT2D eigenvalue weighted by Gasteiger charge is -2.31. The number of rotatable bonds is 4. The van der Waals surface area contributed by atoms with Gasteiger partial charge in [-0.25, -0.2) is 0 Å². The maximum atomic E-state index is 11.4. The number of benzene rings is 1. The second-order valence-corrected chi connectivity index (χ2v) is 6.06. The lowest BCUT2D eigenvalue weighted by molar-refractivity contribution is 0.404. The summed E-state index contributed by atoms with van der Waals surface area (Å²) in [6, 6.07) is 9.66. The van der Waals surface area contributed by atoms with Gasteiger partial charge in [-0.05, 0) is 54.1 Å². The van der Waals surface area contributed by atoms with E-state index in [4.69, 9.17) is 0 Å². The van der Waals surface area contributed by atoms with Crippen molar-refractivity contribution >= 4 is 16.5 Å². The van der Waals surface area contributed by atoms with Crippen molar-refractivity contribution in [3.8, 4) is 0 Å². The number of aromatic nitrogens is 1. The highest BCUT2D eigenvalue weighted by molar-refractivity contribution is 5.84. The Balaban J connectivity index is 2.00. The molecule has 1 fully saturated rings. The molecule has 2 aromatic rings. The van der Waals surface area contributed by atoms with E-state index in [1.807, 2.05) is 12.1 Å². The molecule has 1 atom stereocenters. The number of nitrogens with one attached hydrogen (secondary N) is 2. The van der Waals surface area contributed by atoms with Crippen LogP contribution in [0.25, 0.3) is 16.5 Å². The van der Waals surface area contributed by atoms with Crippen LogP contribution in [0.4, 0.5) is 0 Å². The first kappa shape index (κ1) is 14.1. The summed E-state index contributed by atoms with van der Waals surface area (Å²) in [6.07, 6.45) is 3.49. The van der Waals surface area contributed by atoms with Gasteiger partial charge in [0.25, 0.3) is 0 Å². The van der Waals surface area contributed by atoms with Gasteiger partial charge in [-0.3, -0.25) is 4.79 Å². The van der Waals surface area contributed by atoms with Crippen molar-refractivity contribution in [2.75, 3.05) is 13.1 Å². The molecule has 0 aliphatic carbocycles. The van der Waals surface area contributed by atoms with Crippen molar-refractivity contribution in [1.29, 1.82) is 0 Å². The van der Waals surface area contributed by atoms with Crippen LogP contribution in [0.15, 0.2) is 41.7 Å². The van der Waals surface area contributed by atoms with E-state index < -0.39 is 0 Å². The standard InChI is InChI=1S/C18H22N2O/c1-3-8-18(9-10-19-12-18)13(2)14-4-6-16-15(11-14)5-7-17(21)20-16/h4-7,11,19H,2-3,8-10,12H2,1H3,(H,20,21). The zero-order valence-electron chi connectivity index (χ0n) is 12.5. The highest BCUT2D eigenvalue weighted by Gasteiger charge is 2.36. The summed E-state index contributed by atoms with van der Waals surface area (Å²) in [5.41, 5.74) is 3.42. The van der Waals surface area contributed by atoms with Crippen molar-refractivity contribution < 1.29 is 0 Å². The van der Waals surface area contributed by atoms with Crippen LogP contribution in [0.5, 0.6) is 0 Å². The minimum Gasteiger partial charge on any atom is -0.322 e. The van der Waals surface area contributed by atoms with E-state index in [1.54, 1.807) is 6.07 Å². The van der Waals surface area contributed by atoms with Gasteiger partial charge in [0, 0.05) is 23.5 Å². The molecule has 3 rings (SSSR count). The highest BCUT2D eigenvalue weighted by Crippen LogP contribution is 2.43. The molecule has 3 nitrogen and oxygen atoms in total. The third-order valence-electron chi connectivity index (χ3n) is 4.68. The maximum Gasteiger partial charge on any atom is 0.248 e. The quantitative estimate of drug-likeness (QED) is 0.903. The second kappa shape index (κ2) is 5.49. The predicted octanol–water partition coefficient (Wildman–Crippen LogP) is 3.32. The van der Waals surface area contributed by atoms with Crippen LogP contribution in [0.3, 0.4) is 0 Å². The van der Waals surface area contributed by atoms with E-state index >= 15 is 0 Å². The van der Waals surface area contributed by atoms with Crippen LogP contribution in [-0.4, -0.2) is 18.1 Å². The first-order chi connectivity index (χ1) is 10.1. The average Bonchev–Trinajstić information content (AvgIpc) is 2.96. The Kier molecular flexibility index (Phi) is 3.68. The van der Waals surface area contributed by atoms with Crippen LogP contribution >= 0.6 is 0 Å². The van der Waals surface area contributed by atoms with Gasteiger partial charge in [0.15, 0.2) is 0 Å². The maximum absolute atomic E-state index is 11.4. The molecule has 1 aliphatic heterocycles. The molecule has 0 amide bonds. The van der Waals surface area contributed by atoms with Crippen molar-refractivity contribution in [1.82, 2.24) is 10.3 Å². The predicted molar refractivity (Wildman–Crippen MR) is 88.4 cm³/mol. The van der Waals surface area contributed by atoms with Gasteiger partial charge in [-0.2, -0.15) is 0 Å². The van der Waals surface area contributed by atoms with Crippen LogP contribution in [0.2, 0.25) is 0 Å². The summed E-state index contributed by atoms with van der Waals surface area (Å²) in [7, 11) is 0. The van der Waals surface area contributed by atoms with Gasteiger partial charge < -0.3 is 10.3 Å². The van der Waals surface area contributed by atoms with E-state index in [-0.39, 0.29) is 11.0 Å². The Hall–Kier alpha value is -1.87. The lowest BCUT2D eigenvalue weighted by Crippen LogP contribution is -2.25. The number of fused-ring (bicyclic) bond motifs is 1. The molecule has 2 N–H and O–H groups in total. The molecule has 0 saturated carbocycles. The molecular formula is C18H22N2O. The molecule has 1 unspecified atom stereocenters. The fourth-order valence-corrected chi connectivity index (χ4v) is 3.49. The van der Waals surface area contributed by atoms with Gasteiger partial charge >= 0.3 is 0 Å². The van der Waals surface area contributed by atoms with E-state index in [2.05, 4.69) is 35.9 Å². The summed E-state index contributed by atoms with van der Waals surface area (Å²) in [6.45, 7) is 8.73. The van der Waals surface area contributed by atoms with Crippen LogP contribution < -0.4 is 10.9 Å². The smallest absolute Gasteiger partial charge is 0.248 e. The molecule has 110 valence electrons. The molecule has 0 spiro atoms. The van der Waals surface area contributed by atoms with Crippen molar-refractivity contribution in [2.45, 2.75) is 26.2 Å². The molecule has 0 radical (unpaired) electrons. The van der Waals surface area contributed by atoms with Gasteiger partial charge in [-0.15, -0.1) is 0 Å². The Bertz CT molecular complexity index is 723. The molecule has 1 aromatic heterocycles. The molecule has 2 heterocycles. The van der Waals surface area contributed by atoms with Crippen LogP contribution in [0, 0.1) is 5.41 Å². The van der Waals surface area contributed by atoms with Crippen molar-refractivity contribution in [3.05, 3.63) is 52.8 Å². The summed E-state index contributed by atoms with van der Waals surface area (Å²) in [5.74, 6) is 0. The van der Waals surface area contributed by atoms with Crippen LogP contribution in [0.1, 0.15) is 31.7 Å². The van der Waals surface area contributed by atoms with Crippen LogP contribution in [-0.2, 0) is 0 Å². The Morgan fingerprint density at radius 1 is 1.33 bits per heavy atom. The number of pyridine rings is 1. The normalized spacial score (nSPS) is 21.8. The molecule has 0 bridgehead atoms.